The number of carbonyl (C=O) groups excluding carboxylic acids is 2. The van der Waals surface area contributed by atoms with Crippen LogP contribution in [0.1, 0.15) is 28.2 Å². The van der Waals surface area contributed by atoms with Gasteiger partial charge in [0.2, 0.25) is 5.91 Å². The van der Waals surface area contributed by atoms with Crippen molar-refractivity contribution in [3.63, 3.8) is 0 Å². The molecule has 104 valence electrons. The van der Waals surface area contributed by atoms with Crippen molar-refractivity contribution in [1.29, 1.82) is 0 Å². The average molecular weight is 282 g/mol. The molecule has 1 aromatic heterocycles. The number of hydrogen-bond acceptors (Lipinski definition) is 4. The van der Waals surface area contributed by atoms with Crippen LogP contribution in [0.25, 0.3) is 0 Å². The summed E-state index contributed by atoms with van der Waals surface area (Å²) in [7, 11) is 3.23. The Hall–Kier alpha value is -1.43. The molecule has 1 aliphatic rings. The highest BCUT2D eigenvalue weighted by molar-refractivity contribution is 7.80. The molecule has 0 saturated heterocycles. The second-order valence-electron chi connectivity index (χ2n) is 4.59. The number of aromatic nitrogens is 1. The molecular formula is C13H18N2O3S. The van der Waals surface area contributed by atoms with E-state index in [1.54, 1.807) is 0 Å². The first-order chi connectivity index (χ1) is 9.08. The zero-order valence-electron chi connectivity index (χ0n) is 11.2. The standard InChI is InChI=1S/C13H18N2O3S/c1-14-10-3-5-15(12(16)4-6-19)8-9(10)7-11(14)13(17)18-2/h7,19H,3-6,8H2,1-2H3. The van der Waals surface area contributed by atoms with Gasteiger partial charge in [0.25, 0.3) is 0 Å². The summed E-state index contributed by atoms with van der Waals surface area (Å²) < 4.78 is 6.62. The van der Waals surface area contributed by atoms with E-state index in [0.29, 0.717) is 31.0 Å². The molecule has 0 saturated carbocycles. The van der Waals surface area contributed by atoms with Crippen molar-refractivity contribution in [3.05, 3.63) is 23.0 Å². The van der Waals surface area contributed by atoms with E-state index in [1.165, 1.54) is 7.11 Å². The lowest BCUT2D eigenvalue weighted by Crippen LogP contribution is -2.36. The molecule has 0 radical (unpaired) electrons. The van der Waals surface area contributed by atoms with E-state index in [9.17, 15) is 9.59 Å². The molecule has 0 aliphatic carbocycles. The topological polar surface area (TPSA) is 51.5 Å². The summed E-state index contributed by atoms with van der Waals surface area (Å²) in [6, 6.07) is 1.82. The fourth-order valence-electron chi connectivity index (χ4n) is 2.46. The lowest BCUT2D eigenvalue weighted by molar-refractivity contribution is -0.131. The monoisotopic (exact) mass is 282 g/mol. The highest BCUT2D eigenvalue weighted by atomic mass is 32.1. The van der Waals surface area contributed by atoms with Crippen molar-refractivity contribution in [2.75, 3.05) is 19.4 Å². The number of amides is 1. The van der Waals surface area contributed by atoms with Crippen LogP contribution in [-0.4, -0.2) is 40.8 Å². The zero-order valence-corrected chi connectivity index (χ0v) is 12.1. The second-order valence-corrected chi connectivity index (χ2v) is 5.04. The zero-order chi connectivity index (χ0) is 14.0. The molecule has 1 amide bonds. The number of thiol groups is 1. The summed E-state index contributed by atoms with van der Waals surface area (Å²) in [6.07, 6.45) is 1.22. The van der Waals surface area contributed by atoms with Gasteiger partial charge in [-0.25, -0.2) is 4.79 Å². The molecule has 1 aromatic rings. The van der Waals surface area contributed by atoms with Crippen LogP contribution in [-0.2, 0) is 29.5 Å². The van der Waals surface area contributed by atoms with E-state index < -0.39 is 0 Å². The summed E-state index contributed by atoms with van der Waals surface area (Å²) in [5, 5.41) is 0. The van der Waals surface area contributed by atoms with Crippen LogP contribution in [0.15, 0.2) is 6.07 Å². The molecule has 5 nitrogen and oxygen atoms in total. The third-order valence-electron chi connectivity index (χ3n) is 3.50. The molecule has 6 heteroatoms. The number of ether oxygens (including phenoxy) is 1. The Bertz CT molecular complexity index is 510. The molecule has 0 unspecified atom stereocenters. The predicted molar refractivity (Wildman–Crippen MR) is 74.3 cm³/mol. The Morgan fingerprint density at radius 1 is 1.47 bits per heavy atom. The van der Waals surface area contributed by atoms with Gasteiger partial charge in [0, 0.05) is 38.7 Å². The average Bonchev–Trinajstić information content (AvgIpc) is 2.75. The van der Waals surface area contributed by atoms with E-state index in [4.69, 9.17) is 4.74 Å². The Morgan fingerprint density at radius 3 is 2.84 bits per heavy atom. The van der Waals surface area contributed by atoms with Crippen LogP contribution in [0, 0.1) is 0 Å². The quantitative estimate of drug-likeness (QED) is 0.665. The SMILES string of the molecule is COC(=O)c1cc2c(n1C)CCN(C(=O)CCS)C2. The Balaban J connectivity index is 2.22. The van der Waals surface area contributed by atoms with E-state index in [2.05, 4.69) is 12.6 Å². The van der Waals surface area contributed by atoms with E-state index in [0.717, 1.165) is 17.7 Å². The van der Waals surface area contributed by atoms with Gasteiger partial charge in [0.05, 0.1) is 7.11 Å². The van der Waals surface area contributed by atoms with E-state index in [-0.39, 0.29) is 11.9 Å². The maximum Gasteiger partial charge on any atom is 0.354 e. The van der Waals surface area contributed by atoms with Gasteiger partial charge in [-0.3, -0.25) is 4.79 Å². The Kier molecular flexibility index (Phi) is 4.19. The van der Waals surface area contributed by atoms with Crippen molar-refractivity contribution >= 4 is 24.5 Å². The van der Waals surface area contributed by atoms with Crippen molar-refractivity contribution in [2.45, 2.75) is 19.4 Å². The number of hydrogen-bond donors (Lipinski definition) is 1. The first-order valence-electron chi connectivity index (χ1n) is 6.23. The molecule has 0 fully saturated rings. The maximum absolute atomic E-state index is 11.9. The first kappa shape index (κ1) is 14.0. The second kappa shape index (κ2) is 5.69. The summed E-state index contributed by atoms with van der Waals surface area (Å²) >= 11 is 4.08. The molecule has 19 heavy (non-hydrogen) atoms. The molecule has 0 atom stereocenters. The number of carbonyl (C=O) groups is 2. The van der Waals surface area contributed by atoms with Gasteiger partial charge in [-0.1, -0.05) is 0 Å². The van der Waals surface area contributed by atoms with Crippen molar-refractivity contribution in [1.82, 2.24) is 9.47 Å². The van der Waals surface area contributed by atoms with Crippen molar-refractivity contribution in [2.24, 2.45) is 7.05 Å². The van der Waals surface area contributed by atoms with Crippen LogP contribution in [0.5, 0.6) is 0 Å². The van der Waals surface area contributed by atoms with Gasteiger partial charge in [0.1, 0.15) is 5.69 Å². The van der Waals surface area contributed by atoms with Gasteiger partial charge >= 0.3 is 5.97 Å². The summed E-state index contributed by atoms with van der Waals surface area (Å²) in [5.41, 5.74) is 2.67. The smallest absolute Gasteiger partial charge is 0.354 e. The lowest BCUT2D eigenvalue weighted by atomic mass is 10.1. The number of nitrogens with zero attached hydrogens (tertiary/aromatic N) is 2. The summed E-state index contributed by atoms with van der Waals surface area (Å²) in [6.45, 7) is 1.25. The van der Waals surface area contributed by atoms with Crippen LogP contribution in [0.3, 0.4) is 0 Å². The highest BCUT2D eigenvalue weighted by Gasteiger charge is 2.25. The predicted octanol–water partition coefficient (Wildman–Crippen LogP) is 1.02. The maximum atomic E-state index is 11.9. The largest absolute Gasteiger partial charge is 0.464 e. The molecular weight excluding hydrogens is 264 g/mol. The summed E-state index contributed by atoms with van der Waals surface area (Å²) in [4.78, 5) is 25.3. The van der Waals surface area contributed by atoms with Gasteiger partial charge in [-0.2, -0.15) is 12.6 Å². The van der Waals surface area contributed by atoms with E-state index in [1.807, 2.05) is 22.6 Å². The fraction of sp³-hybridized carbons (Fsp3) is 0.538. The highest BCUT2D eigenvalue weighted by Crippen LogP contribution is 2.23. The molecule has 2 rings (SSSR count). The molecule has 0 spiro atoms. The van der Waals surface area contributed by atoms with Gasteiger partial charge < -0.3 is 14.2 Å². The van der Waals surface area contributed by atoms with Crippen molar-refractivity contribution in [3.8, 4) is 0 Å². The van der Waals surface area contributed by atoms with Gasteiger partial charge in [0.15, 0.2) is 0 Å². The number of methoxy groups -OCH3 is 1. The van der Waals surface area contributed by atoms with Crippen LogP contribution in [0.2, 0.25) is 0 Å². The molecule has 0 bridgehead atoms. The minimum absolute atomic E-state index is 0.115. The Morgan fingerprint density at radius 2 is 2.21 bits per heavy atom. The number of rotatable bonds is 3. The van der Waals surface area contributed by atoms with Gasteiger partial charge in [-0.15, -0.1) is 0 Å². The summed E-state index contributed by atoms with van der Waals surface area (Å²) in [5.74, 6) is 0.332. The van der Waals surface area contributed by atoms with Crippen LogP contribution < -0.4 is 0 Å². The number of fused-ring (bicyclic) bond motifs is 1. The molecule has 0 N–H and O–H groups in total. The third kappa shape index (κ3) is 2.63. The van der Waals surface area contributed by atoms with Crippen LogP contribution in [0.4, 0.5) is 0 Å². The van der Waals surface area contributed by atoms with E-state index >= 15 is 0 Å². The normalized spacial score (nSPS) is 14.2. The molecule has 1 aliphatic heterocycles. The van der Waals surface area contributed by atoms with Crippen LogP contribution >= 0.6 is 12.6 Å². The Labute approximate surface area is 117 Å². The minimum Gasteiger partial charge on any atom is -0.464 e. The van der Waals surface area contributed by atoms with Crippen molar-refractivity contribution < 1.29 is 14.3 Å². The number of esters is 1. The lowest BCUT2D eigenvalue weighted by Gasteiger charge is -2.27. The molecule has 0 aromatic carbocycles. The minimum atomic E-state index is -0.342. The first-order valence-corrected chi connectivity index (χ1v) is 6.86. The molecule has 2 heterocycles. The third-order valence-corrected chi connectivity index (χ3v) is 3.72. The fourth-order valence-corrected chi connectivity index (χ4v) is 2.66. The van der Waals surface area contributed by atoms with Gasteiger partial charge in [-0.05, 0) is 17.4 Å².